The molecule has 0 heteroatoms. The predicted octanol–water partition coefficient (Wildman–Crippen LogP) is 11.3. The van der Waals surface area contributed by atoms with Gasteiger partial charge < -0.3 is 0 Å². The Morgan fingerprint density at radius 1 is 0.310 bits per heavy atom. The highest BCUT2D eigenvalue weighted by molar-refractivity contribution is 4.59. The van der Waals surface area contributed by atoms with Gasteiger partial charge in [-0.25, -0.2) is 0 Å². The van der Waals surface area contributed by atoms with Gasteiger partial charge in [0.25, 0.3) is 0 Å². The van der Waals surface area contributed by atoms with Gasteiger partial charge >= 0.3 is 0 Å². The van der Waals surface area contributed by atoms with Gasteiger partial charge in [-0.2, -0.15) is 0 Å². The maximum absolute atomic E-state index is 2.50. The number of rotatable bonds is 24. The average molecular weight is 409 g/mol. The molecular formula is C29H60. The molecule has 0 saturated carbocycles. The fourth-order valence-corrected chi connectivity index (χ4v) is 4.71. The van der Waals surface area contributed by atoms with Crippen LogP contribution < -0.4 is 0 Å². The highest BCUT2D eigenvalue weighted by Gasteiger charge is 2.06. The highest BCUT2D eigenvalue weighted by Crippen LogP contribution is 2.22. The molecular weight excluding hydrogens is 348 g/mol. The fraction of sp³-hybridized carbons (Fsp3) is 1.00. The van der Waals surface area contributed by atoms with Crippen molar-refractivity contribution in [3.05, 3.63) is 0 Å². The minimum absolute atomic E-state index is 0.958. The van der Waals surface area contributed by atoms with E-state index in [1.54, 1.807) is 0 Å². The Morgan fingerprint density at radius 2 is 0.552 bits per heavy atom. The summed E-state index contributed by atoms with van der Waals surface area (Å²) in [5, 5.41) is 0. The molecule has 0 aromatic heterocycles. The minimum Gasteiger partial charge on any atom is -0.0654 e. The first-order chi connectivity index (χ1) is 14.2. The monoisotopic (exact) mass is 408 g/mol. The Kier molecular flexibility index (Phi) is 24.3. The van der Waals surface area contributed by atoms with Crippen LogP contribution in [0.3, 0.4) is 0 Å². The van der Waals surface area contributed by atoms with Crippen molar-refractivity contribution in [1.82, 2.24) is 0 Å². The van der Waals surface area contributed by atoms with E-state index >= 15 is 0 Å². The average Bonchev–Trinajstić information content (AvgIpc) is 2.71. The molecule has 0 radical (unpaired) electrons. The normalized spacial score (nSPS) is 13.7. The Balaban J connectivity index is 3.26. The number of hydrogen-bond donors (Lipinski definition) is 0. The summed E-state index contributed by atoms with van der Waals surface area (Å²) in [5.74, 6) is 1.92. The minimum atomic E-state index is 0.958. The van der Waals surface area contributed by atoms with Gasteiger partial charge in [0.1, 0.15) is 0 Å². The zero-order chi connectivity index (χ0) is 21.4. The van der Waals surface area contributed by atoms with Gasteiger partial charge in [0.15, 0.2) is 0 Å². The van der Waals surface area contributed by atoms with E-state index in [0.717, 1.165) is 11.8 Å². The van der Waals surface area contributed by atoms with Gasteiger partial charge in [-0.05, 0) is 11.8 Å². The maximum atomic E-state index is 2.50. The molecule has 0 rings (SSSR count). The first kappa shape index (κ1) is 29.0. The van der Waals surface area contributed by atoms with E-state index in [4.69, 9.17) is 0 Å². The molecule has 2 atom stereocenters. The molecule has 0 bridgehead atoms. The second-order valence-electron chi connectivity index (χ2n) is 10.4. The molecule has 0 heterocycles. The third-order valence-electron chi connectivity index (χ3n) is 6.99. The van der Waals surface area contributed by atoms with Gasteiger partial charge in [-0.15, -0.1) is 0 Å². The molecule has 29 heavy (non-hydrogen) atoms. The van der Waals surface area contributed by atoms with Crippen LogP contribution in [0.15, 0.2) is 0 Å². The molecule has 0 aliphatic carbocycles. The van der Waals surface area contributed by atoms with E-state index in [2.05, 4.69) is 27.7 Å². The molecule has 0 saturated heterocycles. The summed E-state index contributed by atoms with van der Waals surface area (Å²) >= 11 is 0. The fourth-order valence-electron chi connectivity index (χ4n) is 4.71. The van der Waals surface area contributed by atoms with Gasteiger partial charge in [0.05, 0.1) is 0 Å². The second-order valence-corrected chi connectivity index (χ2v) is 10.4. The Bertz CT molecular complexity index is 282. The molecule has 0 aromatic carbocycles. The van der Waals surface area contributed by atoms with E-state index in [1.165, 1.54) is 148 Å². The molecule has 0 amide bonds. The largest absolute Gasteiger partial charge is 0.0654 e. The quantitative estimate of drug-likeness (QED) is 0.139. The van der Waals surface area contributed by atoms with Gasteiger partial charge in [0.2, 0.25) is 0 Å². The predicted molar refractivity (Wildman–Crippen MR) is 136 cm³/mol. The van der Waals surface area contributed by atoms with Crippen LogP contribution in [0.1, 0.15) is 175 Å². The molecule has 0 fully saturated rings. The first-order valence-electron chi connectivity index (χ1n) is 14.2. The van der Waals surface area contributed by atoms with E-state index < -0.39 is 0 Å². The van der Waals surface area contributed by atoms with E-state index in [0.29, 0.717) is 0 Å². The third-order valence-corrected chi connectivity index (χ3v) is 6.99. The summed E-state index contributed by atoms with van der Waals surface area (Å²) in [6.07, 6.45) is 33.7. The lowest BCUT2D eigenvalue weighted by Gasteiger charge is -2.14. The van der Waals surface area contributed by atoms with Crippen molar-refractivity contribution in [3.63, 3.8) is 0 Å². The van der Waals surface area contributed by atoms with Crippen molar-refractivity contribution in [2.45, 2.75) is 175 Å². The SMILES string of the molecule is CCCCCCCCCCCCCCC(C)CCCC(C)CCCCCCCC. The highest BCUT2D eigenvalue weighted by atomic mass is 14.1. The summed E-state index contributed by atoms with van der Waals surface area (Å²) in [5.41, 5.74) is 0. The Hall–Kier alpha value is 0. The molecule has 0 spiro atoms. The van der Waals surface area contributed by atoms with E-state index in [1.807, 2.05) is 0 Å². The number of hydrogen-bond acceptors (Lipinski definition) is 0. The van der Waals surface area contributed by atoms with Crippen LogP contribution in [-0.4, -0.2) is 0 Å². The van der Waals surface area contributed by atoms with Crippen LogP contribution in [0.4, 0.5) is 0 Å². The maximum Gasteiger partial charge on any atom is -0.0443 e. The van der Waals surface area contributed by atoms with Crippen LogP contribution in [0, 0.1) is 11.8 Å². The topological polar surface area (TPSA) is 0 Å². The van der Waals surface area contributed by atoms with Gasteiger partial charge in [-0.1, -0.05) is 175 Å². The second kappa shape index (κ2) is 24.3. The van der Waals surface area contributed by atoms with Crippen LogP contribution in [0.5, 0.6) is 0 Å². The lowest BCUT2D eigenvalue weighted by molar-refractivity contribution is 0.390. The summed E-state index contributed by atoms with van der Waals surface area (Å²) in [7, 11) is 0. The standard InChI is InChI=1S/C29H60/c1-5-7-9-11-13-14-15-16-17-18-20-22-25-29(4)27-23-26-28(3)24-21-19-12-10-8-6-2/h28-29H,5-27H2,1-4H3. The molecule has 0 nitrogen and oxygen atoms in total. The summed E-state index contributed by atoms with van der Waals surface area (Å²) in [6.45, 7) is 9.60. The van der Waals surface area contributed by atoms with Crippen LogP contribution in [-0.2, 0) is 0 Å². The lowest BCUT2D eigenvalue weighted by Crippen LogP contribution is -1.99. The third kappa shape index (κ3) is 24.1. The molecule has 0 N–H and O–H groups in total. The van der Waals surface area contributed by atoms with Crippen molar-refractivity contribution in [2.75, 3.05) is 0 Å². The van der Waals surface area contributed by atoms with Crippen LogP contribution in [0.25, 0.3) is 0 Å². The zero-order valence-electron chi connectivity index (χ0n) is 21.4. The van der Waals surface area contributed by atoms with Crippen molar-refractivity contribution in [2.24, 2.45) is 11.8 Å². The van der Waals surface area contributed by atoms with Crippen LogP contribution >= 0.6 is 0 Å². The molecule has 0 aliphatic rings. The Morgan fingerprint density at radius 3 is 0.862 bits per heavy atom. The van der Waals surface area contributed by atoms with E-state index in [9.17, 15) is 0 Å². The molecule has 2 unspecified atom stereocenters. The molecule has 176 valence electrons. The first-order valence-corrected chi connectivity index (χ1v) is 14.2. The molecule has 0 aliphatic heterocycles. The number of unbranched alkanes of at least 4 members (excludes halogenated alkanes) is 16. The van der Waals surface area contributed by atoms with Gasteiger partial charge in [-0.3, -0.25) is 0 Å². The van der Waals surface area contributed by atoms with Gasteiger partial charge in [0, 0.05) is 0 Å². The van der Waals surface area contributed by atoms with Crippen molar-refractivity contribution in [3.8, 4) is 0 Å². The van der Waals surface area contributed by atoms with Crippen molar-refractivity contribution < 1.29 is 0 Å². The van der Waals surface area contributed by atoms with Crippen molar-refractivity contribution in [1.29, 1.82) is 0 Å². The Labute approximate surface area is 187 Å². The summed E-state index contributed by atoms with van der Waals surface area (Å²) in [6, 6.07) is 0. The lowest BCUT2D eigenvalue weighted by atomic mass is 9.92. The zero-order valence-corrected chi connectivity index (χ0v) is 21.4. The summed E-state index contributed by atoms with van der Waals surface area (Å²) in [4.78, 5) is 0. The molecule has 0 aromatic rings. The smallest absolute Gasteiger partial charge is 0.0443 e. The van der Waals surface area contributed by atoms with Crippen molar-refractivity contribution >= 4 is 0 Å². The summed E-state index contributed by atoms with van der Waals surface area (Å²) < 4.78 is 0. The van der Waals surface area contributed by atoms with Crippen LogP contribution in [0.2, 0.25) is 0 Å². The van der Waals surface area contributed by atoms with E-state index in [-0.39, 0.29) is 0 Å².